The number of anilines is 1. The van der Waals surface area contributed by atoms with Gasteiger partial charge in [-0.05, 0) is 39.0 Å². The summed E-state index contributed by atoms with van der Waals surface area (Å²) in [5.41, 5.74) is 0.286. The third kappa shape index (κ3) is 3.77. The van der Waals surface area contributed by atoms with Gasteiger partial charge in [0.25, 0.3) is 0 Å². The van der Waals surface area contributed by atoms with E-state index < -0.39 is 21.7 Å². The average molecular weight is 368 g/mol. The van der Waals surface area contributed by atoms with Crippen LogP contribution in [0.2, 0.25) is 0 Å². The number of carbonyl (C=O) groups is 1. The van der Waals surface area contributed by atoms with Crippen LogP contribution in [-0.2, 0) is 21.2 Å². The number of carbonyl (C=O) groups excluding carboxylic acids is 1. The monoisotopic (exact) mass is 368 g/mol. The number of sulfonamides is 1. The van der Waals surface area contributed by atoms with Crippen molar-refractivity contribution in [2.45, 2.75) is 38.6 Å². The molecule has 0 radical (unpaired) electrons. The molecule has 2 aliphatic heterocycles. The van der Waals surface area contributed by atoms with Crippen molar-refractivity contribution in [1.82, 2.24) is 14.3 Å². The van der Waals surface area contributed by atoms with Crippen molar-refractivity contribution in [2.24, 2.45) is 5.92 Å². The number of ether oxygens (including phenoxy) is 1. The first kappa shape index (κ1) is 18.1. The van der Waals surface area contributed by atoms with Crippen molar-refractivity contribution < 1.29 is 17.9 Å². The van der Waals surface area contributed by atoms with Gasteiger partial charge in [0.1, 0.15) is 6.61 Å². The Morgan fingerprint density at radius 3 is 2.44 bits per heavy atom. The van der Waals surface area contributed by atoms with Gasteiger partial charge in [-0.25, -0.2) is 22.5 Å². The van der Waals surface area contributed by atoms with Crippen LogP contribution in [0.1, 0.15) is 32.4 Å². The second-order valence-electron chi connectivity index (χ2n) is 7.34. The molecule has 0 atom stereocenters. The maximum Gasteiger partial charge on any atom is 0.416 e. The lowest BCUT2D eigenvalue weighted by Crippen LogP contribution is -2.43. The summed E-state index contributed by atoms with van der Waals surface area (Å²) in [6.07, 6.45) is 6.26. The molecule has 0 saturated carbocycles. The van der Waals surface area contributed by atoms with Gasteiger partial charge in [-0.1, -0.05) is 0 Å². The Morgan fingerprint density at radius 1 is 1.24 bits per heavy atom. The maximum absolute atomic E-state index is 12.2. The Labute approximate surface area is 148 Å². The van der Waals surface area contributed by atoms with Crippen molar-refractivity contribution in [3.63, 3.8) is 0 Å². The van der Waals surface area contributed by atoms with Gasteiger partial charge in [0.05, 0.1) is 17.5 Å². The van der Waals surface area contributed by atoms with E-state index in [0.29, 0.717) is 37.9 Å². The molecule has 9 heteroatoms. The molecule has 3 rings (SSSR count). The average Bonchev–Trinajstić information content (AvgIpc) is 2.81. The normalized spacial score (nSPS) is 22.2. The molecule has 0 N–H and O–H groups in total. The molecule has 1 aromatic heterocycles. The second-order valence-corrected chi connectivity index (χ2v) is 9.32. The van der Waals surface area contributed by atoms with Crippen LogP contribution in [0.3, 0.4) is 0 Å². The lowest BCUT2D eigenvalue weighted by molar-refractivity contribution is 0.175. The van der Waals surface area contributed by atoms with E-state index in [0.717, 1.165) is 18.5 Å². The zero-order valence-corrected chi connectivity index (χ0v) is 15.6. The molecule has 138 valence electrons. The van der Waals surface area contributed by atoms with E-state index in [1.54, 1.807) is 17.3 Å². The van der Waals surface area contributed by atoms with E-state index in [2.05, 4.69) is 9.97 Å². The van der Waals surface area contributed by atoms with Crippen LogP contribution in [0, 0.1) is 5.92 Å². The predicted octanol–water partition coefficient (Wildman–Crippen LogP) is 1.43. The van der Waals surface area contributed by atoms with E-state index in [1.807, 2.05) is 13.8 Å². The van der Waals surface area contributed by atoms with E-state index in [4.69, 9.17) is 4.74 Å². The lowest BCUT2D eigenvalue weighted by atomic mass is 9.92. The Kier molecular flexibility index (Phi) is 4.72. The van der Waals surface area contributed by atoms with Gasteiger partial charge in [-0.15, -0.1) is 0 Å². The molecular formula is C16H24N4O4S. The van der Waals surface area contributed by atoms with Crippen molar-refractivity contribution in [3.05, 3.63) is 18.1 Å². The quantitative estimate of drug-likeness (QED) is 0.798. The first-order chi connectivity index (χ1) is 11.7. The highest BCUT2D eigenvalue weighted by Gasteiger charge is 2.43. The summed E-state index contributed by atoms with van der Waals surface area (Å²) in [5, 5.41) is 0. The van der Waals surface area contributed by atoms with E-state index in [9.17, 15) is 13.2 Å². The minimum atomic E-state index is -3.13. The molecule has 0 aliphatic carbocycles. The molecular weight excluding hydrogens is 344 g/mol. The number of rotatable bonds is 4. The number of amides is 1. The number of nitrogens with zero attached hydrogens (tertiary/aromatic N) is 4. The summed E-state index contributed by atoms with van der Waals surface area (Å²) in [7, 11) is -3.13. The van der Waals surface area contributed by atoms with Crippen molar-refractivity contribution in [1.29, 1.82) is 0 Å². The van der Waals surface area contributed by atoms with Crippen molar-refractivity contribution in [3.8, 4) is 0 Å². The molecule has 0 bridgehead atoms. The highest BCUT2D eigenvalue weighted by atomic mass is 32.2. The fourth-order valence-corrected chi connectivity index (χ4v) is 4.27. The van der Waals surface area contributed by atoms with Gasteiger partial charge in [-0.2, -0.15) is 0 Å². The second kappa shape index (κ2) is 6.53. The molecule has 2 saturated heterocycles. The Morgan fingerprint density at radius 2 is 1.88 bits per heavy atom. The van der Waals surface area contributed by atoms with E-state index in [1.165, 1.54) is 10.6 Å². The molecule has 3 heterocycles. The van der Waals surface area contributed by atoms with Crippen LogP contribution < -0.4 is 4.90 Å². The number of aromatic nitrogens is 2. The summed E-state index contributed by atoms with van der Waals surface area (Å²) >= 11 is 0. The van der Waals surface area contributed by atoms with Gasteiger partial charge in [0, 0.05) is 25.5 Å². The summed E-state index contributed by atoms with van der Waals surface area (Å²) in [4.78, 5) is 22.5. The molecule has 0 aromatic carbocycles. The highest BCUT2D eigenvalue weighted by molar-refractivity contribution is 7.88. The standard InChI is InChI=1S/C16H24N4O4S/c1-16(2)11-24-15(21)20(16)14-13(17-6-7-18-14)10-12-4-8-19(9-5-12)25(3,22)23/h6-7,12H,4-5,8-11H2,1-3H3. The largest absolute Gasteiger partial charge is 0.447 e. The molecule has 0 unspecified atom stereocenters. The summed E-state index contributed by atoms with van der Waals surface area (Å²) in [5.74, 6) is 0.857. The van der Waals surface area contributed by atoms with Crippen LogP contribution >= 0.6 is 0 Å². The number of cyclic esters (lactones) is 1. The highest BCUT2D eigenvalue weighted by Crippen LogP contribution is 2.32. The first-order valence-electron chi connectivity index (χ1n) is 8.40. The van der Waals surface area contributed by atoms with Crippen molar-refractivity contribution in [2.75, 3.05) is 30.9 Å². The molecule has 2 fully saturated rings. The Bertz CT molecular complexity index is 757. The third-order valence-electron chi connectivity index (χ3n) is 4.83. The minimum Gasteiger partial charge on any atom is -0.447 e. The lowest BCUT2D eigenvalue weighted by Gasteiger charge is -2.31. The third-order valence-corrected chi connectivity index (χ3v) is 6.13. The maximum atomic E-state index is 12.2. The Hall–Kier alpha value is -1.74. The van der Waals surface area contributed by atoms with Gasteiger partial charge < -0.3 is 4.74 Å². The minimum absolute atomic E-state index is 0.314. The van der Waals surface area contributed by atoms with E-state index >= 15 is 0 Å². The van der Waals surface area contributed by atoms with E-state index in [-0.39, 0.29) is 0 Å². The fourth-order valence-electron chi connectivity index (χ4n) is 3.40. The number of piperidine rings is 1. The zero-order valence-electron chi connectivity index (χ0n) is 14.8. The SMILES string of the molecule is CC1(C)COC(=O)N1c1nccnc1CC1CCN(S(C)(=O)=O)CC1. The summed E-state index contributed by atoms with van der Waals surface area (Å²) in [6, 6.07) is 0. The Balaban J connectivity index is 1.76. The van der Waals surface area contributed by atoms with Crippen LogP contribution in [0.15, 0.2) is 12.4 Å². The fraction of sp³-hybridized carbons (Fsp3) is 0.688. The topological polar surface area (TPSA) is 92.7 Å². The zero-order chi connectivity index (χ0) is 18.2. The predicted molar refractivity (Wildman–Crippen MR) is 92.8 cm³/mol. The molecule has 2 aliphatic rings. The van der Waals surface area contributed by atoms with Crippen LogP contribution in [0.25, 0.3) is 0 Å². The van der Waals surface area contributed by atoms with Gasteiger partial charge in [0.15, 0.2) is 5.82 Å². The molecule has 25 heavy (non-hydrogen) atoms. The smallest absolute Gasteiger partial charge is 0.416 e. The van der Waals surface area contributed by atoms with Crippen LogP contribution in [0.4, 0.5) is 10.6 Å². The molecule has 1 aromatic rings. The van der Waals surface area contributed by atoms with Gasteiger partial charge in [0.2, 0.25) is 10.0 Å². The van der Waals surface area contributed by atoms with Crippen LogP contribution in [-0.4, -0.2) is 60.3 Å². The molecule has 8 nitrogen and oxygen atoms in total. The first-order valence-corrected chi connectivity index (χ1v) is 10.3. The number of hydrogen-bond acceptors (Lipinski definition) is 6. The van der Waals surface area contributed by atoms with Gasteiger partial charge in [-0.3, -0.25) is 9.88 Å². The number of hydrogen-bond donors (Lipinski definition) is 0. The van der Waals surface area contributed by atoms with Crippen molar-refractivity contribution >= 4 is 21.9 Å². The summed E-state index contributed by atoms with van der Waals surface area (Å²) in [6.45, 7) is 5.23. The molecule has 0 spiro atoms. The van der Waals surface area contributed by atoms with Gasteiger partial charge >= 0.3 is 6.09 Å². The summed E-state index contributed by atoms with van der Waals surface area (Å²) < 4.78 is 30.0. The van der Waals surface area contributed by atoms with Crippen LogP contribution in [0.5, 0.6) is 0 Å². The molecule has 1 amide bonds.